The molecule has 0 unspecified atom stereocenters. The van der Waals surface area contributed by atoms with Crippen molar-refractivity contribution >= 4 is 35.0 Å². The van der Waals surface area contributed by atoms with Gasteiger partial charge in [0.2, 0.25) is 11.8 Å². The van der Waals surface area contributed by atoms with Crippen LogP contribution in [0.25, 0.3) is 0 Å². The number of benzene rings is 2. The Balaban J connectivity index is 2.25. The molecule has 4 nitrogen and oxygen atoms in total. The molecule has 28 heavy (non-hydrogen) atoms. The SMILES string of the molecule is CC[C@@H](C)NC(=O)[C@@H](C)N(Cc1cccc(Cl)c1)C(=O)Cc1ccccc1Cl. The number of rotatable bonds is 8. The van der Waals surface area contributed by atoms with Gasteiger partial charge in [-0.15, -0.1) is 0 Å². The molecule has 6 heteroatoms. The zero-order valence-corrected chi connectivity index (χ0v) is 17.9. The van der Waals surface area contributed by atoms with Gasteiger partial charge in [0, 0.05) is 22.6 Å². The maximum Gasteiger partial charge on any atom is 0.242 e. The first kappa shape index (κ1) is 22.3. The van der Waals surface area contributed by atoms with E-state index in [1.165, 1.54) is 0 Å². The van der Waals surface area contributed by atoms with Gasteiger partial charge >= 0.3 is 0 Å². The zero-order valence-electron chi connectivity index (χ0n) is 16.4. The van der Waals surface area contributed by atoms with Gasteiger partial charge in [0.25, 0.3) is 0 Å². The maximum atomic E-state index is 13.1. The third kappa shape index (κ3) is 6.25. The first-order chi connectivity index (χ1) is 13.3. The van der Waals surface area contributed by atoms with Crippen LogP contribution in [0.1, 0.15) is 38.3 Å². The number of nitrogens with one attached hydrogen (secondary N) is 1. The van der Waals surface area contributed by atoms with Crippen molar-refractivity contribution in [1.82, 2.24) is 10.2 Å². The fourth-order valence-electron chi connectivity index (χ4n) is 2.79. The Hall–Kier alpha value is -2.04. The van der Waals surface area contributed by atoms with Crippen LogP contribution < -0.4 is 5.32 Å². The van der Waals surface area contributed by atoms with Crippen LogP contribution in [0.5, 0.6) is 0 Å². The van der Waals surface area contributed by atoms with Crippen molar-refractivity contribution in [3.8, 4) is 0 Å². The van der Waals surface area contributed by atoms with Gasteiger partial charge in [-0.2, -0.15) is 0 Å². The van der Waals surface area contributed by atoms with Crippen LogP contribution >= 0.6 is 23.2 Å². The highest BCUT2D eigenvalue weighted by Gasteiger charge is 2.27. The molecule has 0 fully saturated rings. The van der Waals surface area contributed by atoms with Crippen molar-refractivity contribution < 1.29 is 9.59 Å². The average molecular weight is 421 g/mol. The van der Waals surface area contributed by atoms with Crippen molar-refractivity contribution in [2.75, 3.05) is 0 Å². The van der Waals surface area contributed by atoms with Crippen LogP contribution in [0.15, 0.2) is 48.5 Å². The summed E-state index contributed by atoms with van der Waals surface area (Å²) in [5, 5.41) is 4.08. The Morgan fingerprint density at radius 1 is 1.07 bits per heavy atom. The molecule has 0 saturated carbocycles. The van der Waals surface area contributed by atoms with Gasteiger partial charge in [-0.1, -0.05) is 60.5 Å². The summed E-state index contributed by atoms with van der Waals surface area (Å²) >= 11 is 12.3. The fourth-order valence-corrected chi connectivity index (χ4v) is 3.20. The van der Waals surface area contributed by atoms with Crippen molar-refractivity contribution in [1.29, 1.82) is 0 Å². The second kappa shape index (κ2) is 10.5. The van der Waals surface area contributed by atoms with Crippen LogP contribution in [0.2, 0.25) is 10.0 Å². The molecule has 0 heterocycles. The molecule has 0 aliphatic rings. The van der Waals surface area contributed by atoms with Gasteiger partial charge in [0.05, 0.1) is 6.42 Å². The van der Waals surface area contributed by atoms with Crippen molar-refractivity contribution in [2.24, 2.45) is 0 Å². The predicted molar refractivity (Wildman–Crippen MR) is 115 cm³/mol. The Bertz CT molecular complexity index is 826. The van der Waals surface area contributed by atoms with Crippen LogP contribution in [0.3, 0.4) is 0 Å². The summed E-state index contributed by atoms with van der Waals surface area (Å²) in [5.41, 5.74) is 1.60. The lowest BCUT2D eigenvalue weighted by Gasteiger charge is -2.30. The molecule has 0 aromatic heterocycles. The van der Waals surface area contributed by atoms with Gasteiger partial charge in [0.1, 0.15) is 6.04 Å². The summed E-state index contributed by atoms with van der Waals surface area (Å²) in [4.78, 5) is 27.4. The number of nitrogens with zero attached hydrogens (tertiary/aromatic N) is 1. The molecule has 2 aromatic carbocycles. The van der Waals surface area contributed by atoms with Gasteiger partial charge in [-0.25, -0.2) is 0 Å². The average Bonchev–Trinajstić information content (AvgIpc) is 2.67. The van der Waals surface area contributed by atoms with Crippen molar-refractivity contribution in [3.63, 3.8) is 0 Å². The first-order valence-corrected chi connectivity index (χ1v) is 10.1. The molecule has 1 N–H and O–H groups in total. The minimum Gasteiger partial charge on any atom is -0.352 e. The summed E-state index contributed by atoms with van der Waals surface area (Å²) in [6.07, 6.45) is 0.946. The first-order valence-electron chi connectivity index (χ1n) is 9.39. The van der Waals surface area contributed by atoms with Gasteiger partial charge < -0.3 is 10.2 Å². The Morgan fingerprint density at radius 3 is 2.43 bits per heavy atom. The van der Waals surface area contributed by atoms with E-state index in [2.05, 4.69) is 5.32 Å². The van der Waals surface area contributed by atoms with E-state index in [0.29, 0.717) is 16.6 Å². The van der Waals surface area contributed by atoms with Gasteiger partial charge in [-0.3, -0.25) is 9.59 Å². The van der Waals surface area contributed by atoms with E-state index in [0.717, 1.165) is 17.5 Å². The highest BCUT2D eigenvalue weighted by atomic mass is 35.5. The van der Waals surface area contributed by atoms with E-state index in [9.17, 15) is 9.59 Å². The highest BCUT2D eigenvalue weighted by molar-refractivity contribution is 6.31. The molecule has 0 radical (unpaired) electrons. The largest absolute Gasteiger partial charge is 0.352 e. The lowest BCUT2D eigenvalue weighted by molar-refractivity contribution is -0.140. The van der Waals surface area contributed by atoms with E-state index >= 15 is 0 Å². The third-order valence-corrected chi connectivity index (χ3v) is 5.31. The van der Waals surface area contributed by atoms with E-state index in [1.807, 2.05) is 44.2 Å². The van der Waals surface area contributed by atoms with Crippen LogP contribution in [-0.4, -0.2) is 28.8 Å². The number of amides is 2. The molecule has 0 aliphatic heterocycles. The predicted octanol–water partition coefficient (Wildman–Crippen LogP) is 4.87. The number of hydrogen-bond donors (Lipinski definition) is 1. The molecule has 0 aliphatic carbocycles. The molecular weight excluding hydrogens is 395 g/mol. The summed E-state index contributed by atoms with van der Waals surface area (Å²) < 4.78 is 0. The van der Waals surface area contributed by atoms with E-state index < -0.39 is 6.04 Å². The third-order valence-electron chi connectivity index (χ3n) is 4.71. The molecule has 2 atom stereocenters. The van der Waals surface area contributed by atoms with Crippen molar-refractivity contribution in [3.05, 3.63) is 69.7 Å². The van der Waals surface area contributed by atoms with Crippen LogP contribution in [0.4, 0.5) is 0 Å². The molecule has 150 valence electrons. The zero-order chi connectivity index (χ0) is 20.7. The summed E-state index contributed by atoms with van der Waals surface area (Å²) in [6, 6.07) is 14.0. The normalized spacial score (nSPS) is 12.9. The summed E-state index contributed by atoms with van der Waals surface area (Å²) in [7, 11) is 0. The molecule has 2 aromatic rings. The van der Waals surface area contributed by atoms with E-state index in [-0.39, 0.29) is 24.3 Å². The highest BCUT2D eigenvalue weighted by Crippen LogP contribution is 2.19. The Kier molecular flexibility index (Phi) is 8.34. The quantitative estimate of drug-likeness (QED) is 0.661. The van der Waals surface area contributed by atoms with E-state index in [1.54, 1.807) is 30.0 Å². The number of carbonyl (C=O) groups excluding carboxylic acids is 2. The van der Waals surface area contributed by atoms with E-state index in [4.69, 9.17) is 23.2 Å². The van der Waals surface area contributed by atoms with Gasteiger partial charge in [-0.05, 0) is 49.6 Å². The van der Waals surface area contributed by atoms with Gasteiger partial charge in [0.15, 0.2) is 0 Å². The monoisotopic (exact) mass is 420 g/mol. The fraction of sp³-hybridized carbons (Fsp3) is 0.364. The maximum absolute atomic E-state index is 13.1. The minimum absolute atomic E-state index is 0.0432. The van der Waals surface area contributed by atoms with Crippen molar-refractivity contribution in [2.45, 2.75) is 52.2 Å². The number of halogens is 2. The molecular formula is C22H26Cl2N2O2. The Labute approximate surface area is 176 Å². The molecule has 2 amide bonds. The second-order valence-electron chi connectivity index (χ2n) is 6.91. The lowest BCUT2D eigenvalue weighted by Crippen LogP contribution is -2.49. The summed E-state index contributed by atoms with van der Waals surface area (Å²) in [5.74, 6) is -0.344. The topological polar surface area (TPSA) is 49.4 Å². The Morgan fingerprint density at radius 2 is 1.79 bits per heavy atom. The number of carbonyl (C=O) groups is 2. The molecule has 0 spiro atoms. The lowest BCUT2D eigenvalue weighted by atomic mass is 10.1. The molecule has 0 saturated heterocycles. The second-order valence-corrected chi connectivity index (χ2v) is 7.76. The molecule has 0 bridgehead atoms. The standard InChI is InChI=1S/C22H26Cl2N2O2/c1-4-15(2)25-22(28)16(3)26(14-17-8-7-10-19(23)12-17)21(27)13-18-9-5-6-11-20(18)24/h5-12,15-16H,4,13-14H2,1-3H3,(H,25,28)/t15-,16-/m1/s1. The van der Waals surface area contributed by atoms with Crippen LogP contribution in [-0.2, 0) is 22.6 Å². The minimum atomic E-state index is -0.622. The van der Waals surface area contributed by atoms with Crippen LogP contribution in [0, 0.1) is 0 Å². The molecule has 2 rings (SSSR count). The number of hydrogen-bond acceptors (Lipinski definition) is 2. The summed E-state index contributed by atoms with van der Waals surface area (Å²) in [6.45, 7) is 5.98. The smallest absolute Gasteiger partial charge is 0.242 e.